The summed E-state index contributed by atoms with van der Waals surface area (Å²) in [5, 5.41) is 5.48. The molecule has 0 saturated carbocycles. The fourth-order valence-electron chi connectivity index (χ4n) is 3.19. The molecule has 8 heteroatoms. The van der Waals surface area contributed by atoms with Crippen LogP contribution in [0.25, 0.3) is 10.2 Å². The molecule has 0 unspecified atom stereocenters. The van der Waals surface area contributed by atoms with Gasteiger partial charge in [0.15, 0.2) is 23.9 Å². The molecule has 29 heavy (non-hydrogen) atoms. The van der Waals surface area contributed by atoms with Crippen LogP contribution in [0.4, 0.5) is 0 Å². The Morgan fingerprint density at radius 3 is 2.72 bits per heavy atom. The van der Waals surface area contributed by atoms with Crippen molar-refractivity contribution in [3.05, 3.63) is 40.4 Å². The maximum absolute atomic E-state index is 12.5. The zero-order chi connectivity index (χ0) is 20.5. The summed E-state index contributed by atoms with van der Waals surface area (Å²) in [5.41, 5.74) is 1.30. The normalized spacial score (nSPS) is 13.1. The van der Waals surface area contributed by atoms with Gasteiger partial charge in [0.1, 0.15) is 22.9 Å². The number of Topliss-reactive ketones (excluding diaryl/α,β-unsaturated/α-hetero) is 1. The molecular formula is C21H22N2O5S. The number of nitrogens with zero attached hydrogens (tertiary/aromatic N) is 2. The molecule has 0 N–H and O–H groups in total. The molecule has 3 heterocycles. The standard InChI is InChI=1S/C21H22N2O5S/c1-12(2)10-23-20-15(13(3)22-23)9-19(29-20)21(25)28-11-16(24)14-4-5-17-18(8-14)27-7-6-26-17/h4-5,8-9,12H,6-7,10-11H2,1-3H3. The van der Waals surface area contributed by atoms with E-state index in [1.54, 1.807) is 24.3 Å². The maximum atomic E-state index is 12.5. The van der Waals surface area contributed by atoms with E-state index in [9.17, 15) is 9.59 Å². The first-order valence-corrected chi connectivity index (χ1v) is 10.3. The highest BCUT2D eigenvalue weighted by Gasteiger charge is 2.20. The Balaban J connectivity index is 1.45. The van der Waals surface area contributed by atoms with Crippen molar-refractivity contribution in [1.29, 1.82) is 0 Å². The number of hydrogen-bond donors (Lipinski definition) is 0. The van der Waals surface area contributed by atoms with Crippen molar-refractivity contribution in [2.75, 3.05) is 19.8 Å². The van der Waals surface area contributed by atoms with Crippen LogP contribution in [0.5, 0.6) is 11.5 Å². The van der Waals surface area contributed by atoms with Gasteiger partial charge in [0, 0.05) is 17.5 Å². The van der Waals surface area contributed by atoms with Crippen molar-refractivity contribution in [3.8, 4) is 11.5 Å². The Bertz CT molecular complexity index is 1080. The number of esters is 1. The van der Waals surface area contributed by atoms with Crippen molar-refractivity contribution in [1.82, 2.24) is 9.78 Å². The van der Waals surface area contributed by atoms with Crippen molar-refractivity contribution >= 4 is 33.3 Å². The number of aryl methyl sites for hydroxylation is 1. The van der Waals surface area contributed by atoms with Crippen LogP contribution >= 0.6 is 11.3 Å². The smallest absolute Gasteiger partial charge is 0.348 e. The highest BCUT2D eigenvalue weighted by atomic mass is 32.1. The van der Waals surface area contributed by atoms with Crippen molar-refractivity contribution in [3.63, 3.8) is 0 Å². The maximum Gasteiger partial charge on any atom is 0.348 e. The molecule has 0 amide bonds. The first-order valence-electron chi connectivity index (χ1n) is 9.49. The predicted molar refractivity (Wildman–Crippen MR) is 109 cm³/mol. The number of ketones is 1. The third kappa shape index (κ3) is 3.98. The zero-order valence-corrected chi connectivity index (χ0v) is 17.4. The van der Waals surface area contributed by atoms with Gasteiger partial charge in [-0.2, -0.15) is 5.10 Å². The van der Waals surface area contributed by atoms with E-state index in [1.165, 1.54) is 11.3 Å². The minimum atomic E-state index is -0.507. The number of ether oxygens (including phenoxy) is 3. The Labute approximate surface area is 172 Å². The van der Waals surface area contributed by atoms with Crippen LogP contribution in [0.2, 0.25) is 0 Å². The number of fused-ring (bicyclic) bond motifs is 2. The van der Waals surface area contributed by atoms with Crippen LogP contribution in [0, 0.1) is 12.8 Å². The predicted octanol–water partition coefficient (Wildman–Crippen LogP) is 3.87. The van der Waals surface area contributed by atoms with Gasteiger partial charge in [-0.3, -0.25) is 9.48 Å². The number of hydrogen-bond acceptors (Lipinski definition) is 7. The zero-order valence-electron chi connectivity index (χ0n) is 16.6. The second-order valence-corrected chi connectivity index (χ2v) is 8.38. The van der Waals surface area contributed by atoms with Gasteiger partial charge in [-0.25, -0.2) is 4.79 Å². The average Bonchev–Trinajstić information content (AvgIpc) is 3.26. The monoisotopic (exact) mass is 414 g/mol. The number of carbonyl (C=O) groups is 2. The van der Waals surface area contributed by atoms with E-state index < -0.39 is 5.97 Å². The fourth-order valence-corrected chi connectivity index (χ4v) is 4.25. The second-order valence-electron chi connectivity index (χ2n) is 7.35. The molecule has 0 bridgehead atoms. The molecule has 0 radical (unpaired) electrons. The third-order valence-corrected chi connectivity index (χ3v) is 5.67. The SMILES string of the molecule is Cc1nn(CC(C)C)c2sc(C(=O)OCC(=O)c3ccc4c(c3)OCCO4)cc12. The summed E-state index contributed by atoms with van der Waals surface area (Å²) in [7, 11) is 0. The highest BCUT2D eigenvalue weighted by molar-refractivity contribution is 7.20. The molecule has 4 rings (SSSR count). The number of thiophene rings is 1. The Morgan fingerprint density at radius 2 is 1.97 bits per heavy atom. The summed E-state index contributed by atoms with van der Waals surface area (Å²) >= 11 is 1.34. The molecule has 1 aliphatic heterocycles. The lowest BCUT2D eigenvalue weighted by Crippen LogP contribution is -2.17. The molecule has 3 aromatic rings. The minimum absolute atomic E-state index is 0.293. The second kappa shape index (κ2) is 7.87. The van der Waals surface area contributed by atoms with Gasteiger partial charge >= 0.3 is 5.97 Å². The van der Waals surface area contributed by atoms with E-state index >= 15 is 0 Å². The number of carbonyl (C=O) groups excluding carboxylic acids is 2. The summed E-state index contributed by atoms with van der Waals surface area (Å²) in [6, 6.07) is 6.75. The van der Waals surface area contributed by atoms with Crippen LogP contribution in [-0.2, 0) is 11.3 Å². The largest absolute Gasteiger partial charge is 0.486 e. The van der Waals surface area contributed by atoms with Crippen molar-refractivity contribution in [2.24, 2.45) is 5.92 Å². The van der Waals surface area contributed by atoms with Crippen LogP contribution in [0.1, 0.15) is 39.6 Å². The molecule has 1 aromatic carbocycles. The van der Waals surface area contributed by atoms with E-state index in [-0.39, 0.29) is 12.4 Å². The van der Waals surface area contributed by atoms with Crippen LogP contribution < -0.4 is 9.47 Å². The molecule has 0 saturated heterocycles. The van der Waals surface area contributed by atoms with E-state index in [4.69, 9.17) is 14.2 Å². The van der Waals surface area contributed by atoms with Crippen LogP contribution in [0.3, 0.4) is 0 Å². The third-order valence-electron chi connectivity index (χ3n) is 4.55. The first-order chi connectivity index (χ1) is 13.9. The average molecular weight is 414 g/mol. The number of aromatic nitrogens is 2. The molecule has 0 spiro atoms. The lowest BCUT2D eigenvalue weighted by Gasteiger charge is -2.18. The van der Waals surface area contributed by atoms with Gasteiger partial charge in [-0.05, 0) is 37.1 Å². The molecular weight excluding hydrogens is 392 g/mol. The quantitative estimate of drug-likeness (QED) is 0.450. The van der Waals surface area contributed by atoms with Gasteiger partial charge < -0.3 is 14.2 Å². The number of benzene rings is 1. The molecule has 0 fully saturated rings. The molecule has 152 valence electrons. The van der Waals surface area contributed by atoms with Crippen LogP contribution in [-0.4, -0.2) is 41.4 Å². The molecule has 7 nitrogen and oxygen atoms in total. The van der Waals surface area contributed by atoms with Gasteiger partial charge in [0.2, 0.25) is 0 Å². The van der Waals surface area contributed by atoms with Gasteiger partial charge in [0.05, 0.1) is 5.69 Å². The van der Waals surface area contributed by atoms with Gasteiger partial charge in [0.25, 0.3) is 0 Å². The van der Waals surface area contributed by atoms with E-state index in [0.29, 0.717) is 41.1 Å². The summed E-state index contributed by atoms with van der Waals surface area (Å²) < 4.78 is 18.1. The summed E-state index contributed by atoms with van der Waals surface area (Å²) in [5.74, 6) is 0.786. The summed E-state index contributed by atoms with van der Waals surface area (Å²) in [4.78, 5) is 26.3. The summed E-state index contributed by atoms with van der Waals surface area (Å²) in [6.07, 6.45) is 0. The highest BCUT2D eigenvalue weighted by Crippen LogP contribution is 2.31. The van der Waals surface area contributed by atoms with Gasteiger partial charge in [-0.1, -0.05) is 13.8 Å². The van der Waals surface area contributed by atoms with E-state index in [1.807, 2.05) is 11.6 Å². The Kier molecular flexibility index (Phi) is 5.27. The van der Waals surface area contributed by atoms with Crippen molar-refractivity contribution in [2.45, 2.75) is 27.3 Å². The molecule has 1 aliphatic rings. The van der Waals surface area contributed by atoms with Crippen molar-refractivity contribution < 1.29 is 23.8 Å². The fraction of sp³-hybridized carbons (Fsp3) is 0.381. The van der Waals surface area contributed by atoms with Crippen LogP contribution in [0.15, 0.2) is 24.3 Å². The Morgan fingerprint density at radius 1 is 1.21 bits per heavy atom. The van der Waals surface area contributed by atoms with E-state index in [0.717, 1.165) is 22.5 Å². The molecule has 0 aliphatic carbocycles. The topological polar surface area (TPSA) is 79.7 Å². The minimum Gasteiger partial charge on any atom is -0.486 e. The summed E-state index contributed by atoms with van der Waals surface area (Å²) in [6.45, 7) is 7.54. The molecule has 2 aromatic heterocycles. The Hall–Kier alpha value is -2.87. The van der Waals surface area contributed by atoms with E-state index in [2.05, 4.69) is 18.9 Å². The molecule has 0 atom stereocenters. The first kappa shape index (κ1) is 19.4. The lowest BCUT2D eigenvalue weighted by atomic mass is 10.1. The van der Waals surface area contributed by atoms with Gasteiger partial charge in [-0.15, -0.1) is 11.3 Å². The number of rotatable bonds is 6. The lowest BCUT2D eigenvalue weighted by molar-refractivity contribution is 0.0479.